The highest BCUT2D eigenvalue weighted by atomic mass is 35.5. The molecule has 1 fully saturated rings. The van der Waals surface area contributed by atoms with Gasteiger partial charge in [0.25, 0.3) is 5.91 Å². The van der Waals surface area contributed by atoms with Gasteiger partial charge in [-0.25, -0.2) is 4.39 Å². The van der Waals surface area contributed by atoms with E-state index in [1.165, 1.54) is 31.4 Å². The van der Waals surface area contributed by atoms with Crippen molar-refractivity contribution in [2.45, 2.75) is 19.3 Å². The third-order valence-electron chi connectivity index (χ3n) is 4.02. The van der Waals surface area contributed by atoms with Gasteiger partial charge in [0.2, 0.25) is 0 Å². The fourth-order valence-corrected chi connectivity index (χ4v) is 3.12. The van der Waals surface area contributed by atoms with Gasteiger partial charge >= 0.3 is 0 Å². The van der Waals surface area contributed by atoms with Gasteiger partial charge in [-0.05, 0) is 49.6 Å². The Labute approximate surface area is 140 Å². The van der Waals surface area contributed by atoms with Crippen LogP contribution in [0.25, 0.3) is 0 Å². The number of carbonyl (C=O) groups excluding carboxylic acids is 1. The van der Waals surface area contributed by atoms with Crippen LogP contribution >= 0.6 is 11.6 Å². The maximum atomic E-state index is 13.6. The van der Waals surface area contributed by atoms with Crippen molar-refractivity contribution in [1.29, 1.82) is 0 Å². The van der Waals surface area contributed by atoms with Crippen LogP contribution in [0.5, 0.6) is 0 Å². The smallest absolute Gasteiger partial charge is 0.258 e. The van der Waals surface area contributed by atoms with Crippen LogP contribution < -0.4 is 10.2 Å². The van der Waals surface area contributed by atoms with Crippen LogP contribution in [0.15, 0.2) is 42.5 Å². The first-order chi connectivity index (χ1) is 11.1. The van der Waals surface area contributed by atoms with Gasteiger partial charge in [0.15, 0.2) is 0 Å². The average molecular weight is 333 g/mol. The fourth-order valence-electron chi connectivity index (χ4n) is 2.82. The summed E-state index contributed by atoms with van der Waals surface area (Å²) in [5.41, 5.74) is 1.56. The van der Waals surface area contributed by atoms with Gasteiger partial charge in [0, 0.05) is 18.8 Å². The second-order valence-electron chi connectivity index (χ2n) is 5.65. The molecule has 120 valence electrons. The second-order valence-corrected chi connectivity index (χ2v) is 6.06. The van der Waals surface area contributed by atoms with E-state index < -0.39 is 11.7 Å². The molecule has 2 aromatic carbocycles. The molecule has 1 saturated heterocycles. The lowest BCUT2D eigenvalue weighted by Gasteiger charge is -2.29. The molecule has 3 nitrogen and oxygen atoms in total. The van der Waals surface area contributed by atoms with Gasteiger partial charge in [-0.15, -0.1) is 0 Å². The molecule has 1 aliphatic rings. The number of rotatable bonds is 3. The molecule has 0 aliphatic carbocycles. The Morgan fingerprint density at radius 3 is 2.52 bits per heavy atom. The summed E-state index contributed by atoms with van der Waals surface area (Å²) in [6, 6.07) is 11.3. The predicted molar refractivity (Wildman–Crippen MR) is 91.9 cm³/mol. The lowest BCUT2D eigenvalue weighted by molar-refractivity contribution is 0.102. The summed E-state index contributed by atoms with van der Waals surface area (Å²) in [4.78, 5) is 14.4. The molecule has 1 aliphatic heterocycles. The minimum Gasteiger partial charge on any atom is -0.370 e. The minimum absolute atomic E-state index is 0.0173. The van der Waals surface area contributed by atoms with Crippen molar-refractivity contribution in [3.05, 3.63) is 58.9 Å². The van der Waals surface area contributed by atoms with Crippen molar-refractivity contribution in [2.75, 3.05) is 23.3 Å². The number of benzene rings is 2. The zero-order valence-corrected chi connectivity index (χ0v) is 13.4. The number of halogens is 2. The van der Waals surface area contributed by atoms with Crippen molar-refractivity contribution in [1.82, 2.24) is 0 Å². The molecule has 0 saturated carbocycles. The maximum absolute atomic E-state index is 13.6. The van der Waals surface area contributed by atoms with E-state index in [1.54, 1.807) is 24.3 Å². The van der Waals surface area contributed by atoms with Crippen LogP contribution in [0, 0.1) is 5.82 Å². The summed E-state index contributed by atoms with van der Waals surface area (Å²) < 4.78 is 13.6. The van der Waals surface area contributed by atoms with Crippen molar-refractivity contribution >= 4 is 28.9 Å². The Morgan fingerprint density at radius 2 is 1.83 bits per heavy atom. The normalized spacial score (nSPS) is 14.6. The second kappa shape index (κ2) is 7.01. The number of hydrogen-bond donors (Lipinski definition) is 1. The molecule has 3 rings (SSSR count). The number of amides is 1. The molecule has 0 radical (unpaired) electrons. The van der Waals surface area contributed by atoms with E-state index in [4.69, 9.17) is 11.6 Å². The number of hydrogen-bond acceptors (Lipinski definition) is 2. The molecule has 1 N–H and O–H groups in total. The minimum atomic E-state index is -0.541. The molecular weight excluding hydrogens is 315 g/mol. The zero-order chi connectivity index (χ0) is 16.2. The Kier molecular flexibility index (Phi) is 4.82. The van der Waals surface area contributed by atoms with Gasteiger partial charge in [0.1, 0.15) is 5.82 Å². The Morgan fingerprint density at radius 1 is 1.09 bits per heavy atom. The standard InChI is InChI=1S/C18H18ClFN2O/c19-15-12-13(8-9-17(15)22-10-4-1-5-11-22)21-18(23)14-6-2-3-7-16(14)20/h2-3,6-9,12H,1,4-5,10-11H2,(H,21,23). The quantitative estimate of drug-likeness (QED) is 0.882. The number of nitrogens with zero attached hydrogens (tertiary/aromatic N) is 1. The molecule has 2 aromatic rings. The highest BCUT2D eigenvalue weighted by molar-refractivity contribution is 6.33. The van der Waals surface area contributed by atoms with Crippen molar-refractivity contribution in [3.63, 3.8) is 0 Å². The van der Waals surface area contributed by atoms with E-state index in [0.717, 1.165) is 18.8 Å². The molecular formula is C18H18ClFN2O. The lowest BCUT2D eigenvalue weighted by atomic mass is 10.1. The van der Waals surface area contributed by atoms with E-state index >= 15 is 0 Å². The molecule has 23 heavy (non-hydrogen) atoms. The highest BCUT2D eigenvalue weighted by Crippen LogP contribution is 2.31. The molecule has 0 spiro atoms. The van der Waals surface area contributed by atoms with Gasteiger partial charge in [-0.3, -0.25) is 4.79 Å². The zero-order valence-electron chi connectivity index (χ0n) is 12.7. The van der Waals surface area contributed by atoms with Crippen LogP contribution in [0.3, 0.4) is 0 Å². The summed E-state index contributed by atoms with van der Waals surface area (Å²) in [7, 11) is 0. The van der Waals surface area contributed by atoms with E-state index in [-0.39, 0.29) is 5.56 Å². The first kappa shape index (κ1) is 15.8. The van der Waals surface area contributed by atoms with E-state index in [9.17, 15) is 9.18 Å². The molecule has 5 heteroatoms. The van der Waals surface area contributed by atoms with Crippen molar-refractivity contribution < 1.29 is 9.18 Å². The summed E-state index contributed by atoms with van der Waals surface area (Å²) in [5.74, 6) is -1.02. The summed E-state index contributed by atoms with van der Waals surface area (Å²) in [6.07, 6.45) is 3.59. The SMILES string of the molecule is O=C(Nc1ccc(N2CCCCC2)c(Cl)c1)c1ccccc1F. The molecule has 0 bridgehead atoms. The third kappa shape index (κ3) is 3.64. The van der Waals surface area contributed by atoms with Crippen LogP contribution in [-0.2, 0) is 0 Å². The van der Waals surface area contributed by atoms with Crippen LogP contribution in [-0.4, -0.2) is 19.0 Å². The average Bonchev–Trinajstić information content (AvgIpc) is 2.56. The Hall–Kier alpha value is -2.07. The van der Waals surface area contributed by atoms with Crippen LogP contribution in [0.1, 0.15) is 29.6 Å². The van der Waals surface area contributed by atoms with Gasteiger partial charge < -0.3 is 10.2 Å². The lowest BCUT2D eigenvalue weighted by Crippen LogP contribution is -2.29. The number of carbonyl (C=O) groups is 1. The molecule has 0 aromatic heterocycles. The molecule has 0 atom stereocenters. The van der Waals surface area contributed by atoms with Crippen molar-refractivity contribution in [2.24, 2.45) is 0 Å². The van der Waals surface area contributed by atoms with Crippen LogP contribution in [0.4, 0.5) is 15.8 Å². The number of anilines is 2. The summed E-state index contributed by atoms with van der Waals surface area (Å²) in [5, 5.41) is 3.28. The van der Waals surface area contributed by atoms with Crippen LogP contribution in [0.2, 0.25) is 5.02 Å². The number of piperidine rings is 1. The molecule has 1 heterocycles. The molecule has 1 amide bonds. The van der Waals surface area contributed by atoms with Gasteiger partial charge in [-0.2, -0.15) is 0 Å². The Bertz CT molecular complexity index is 714. The Balaban J connectivity index is 1.75. The van der Waals surface area contributed by atoms with E-state index in [0.29, 0.717) is 10.7 Å². The molecule has 0 unspecified atom stereocenters. The van der Waals surface area contributed by atoms with E-state index in [2.05, 4.69) is 10.2 Å². The monoisotopic (exact) mass is 332 g/mol. The topological polar surface area (TPSA) is 32.3 Å². The predicted octanol–water partition coefficient (Wildman–Crippen LogP) is 4.72. The van der Waals surface area contributed by atoms with Crippen molar-refractivity contribution in [3.8, 4) is 0 Å². The van der Waals surface area contributed by atoms with E-state index in [1.807, 2.05) is 6.07 Å². The largest absolute Gasteiger partial charge is 0.370 e. The highest BCUT2D eigenvalue weighted by Gasteiger charge is 2.15. The first-order valence-electron chi connectivity index (χ1n) is 7.75. The fraction of sp³-hybridized carbons (Fsp3) is 0.278. The summed E-state index contributed by atoms with van der Waals surface area (Å²) >= 11 is 6.36. The van der Waals surface area contributed by atoms with Gasteiger partial charge in [0.05, 0.1) is 16.3 Å². The van der Waals surface area contributed by atoms with Gasteiger partial charge in [-0.1, -0.05) is 23.7 Å². The maximum Gasteiger partial charge on any atom is 0.258 e. The first-order valence-corrected chi connectivity index (χ1v) is 8.13. The third-order valence-corrected chi connectivity index (χ3v) is 4.32. The summed E-state index contributed by atoms with van der Waals surface area (Å²) in [6.45, 7) is 2.00. The number of nitrogens with one attached hydrogen (secondary N) is 1.